The van der Waals surface area contributed by atoms with E-state index in [1.165, 1.54) is 6.42 Å². The van der Waals surface area contributed by atoms with Crippen molar-refractivity contribution in [2.24, 2.45) is 5.92 Å². The van der Waals surface area contributed by atoms with Crippen molar-refractivity contribution in [3.05, 3.63) is 28.2 Å². The highest BCUT2D eigenvalue weighted by Gasteiger charge is 2.23. The van der Waals surface area contributed by atoms with Crippen molar-refractivity contribution in [3.8, 4) is 0 Å². The number of benzene rings is 1. The molecule has 0 bridgehead atoms. The van der Waals surface area contributed by atoms with E-state index in [4.69, 9.17) is 23.2 Å². The molecule has 0 aromatic heterocycles. The maximum atomic E-state index is 12.2. The zero-order valence-corrected chi connectivity index (χ0v) is 12.9. The highest BCUT2D eigenvalue weighted by atomic mass is 35.5. The molecule has 19 heavy (non-hydrogen) atoms. The van der Waals surface area contributed by atoms with E-state index >= 15 is 0 Å². The number of hydrogen-bond donors (Lipinski definition) is 0. The normalized spacial score (nSPS) is 18.2. The molecule has 0 spiro atoms. The quantitative estimate of drug-likeness (QED) is 0.831. The molecule has 1 fully saturated rings. The second-order valence-electron chi connectivity index (χ2n) is 4.90. The van der Waals surface area contributed by atoms with Crippen molar-refractivity contribution in [2.45, 2.75) is 37.0 Å². The summed E-state index contributed by atoms with van der Waals surface area (Å²) in [5.41, 5.74) is 0. The van der Waals surface area contributed by atoms with Crippen LogP contribution in [0.15, 0.2) is 23.1 Å². The fraction of sp³-hybridized carbons (Fsp3) is 0.500. The molecule has 0 amide bonds. The van der Waals surface area contributed by atoms with Gasteiger partial charge in [-0.2, -0.15) is 0 Å². The minimum atomic E-state index is -1.35. The zero-order chi connectivity index (χ0) is 13.8. The molecule has 1 atom stereocenters. The van der Waals surface area contributed by atoms with Gasteiger partial charge in [0.1, 0.15) is 5.78 Å². The lowest BCUT2D eigenvalue weighted by Crippen LogP contribution is -2.23. The molecule has 0 heterocycles. The van der Waals surface area contributed by atoms with Crippen molar-refractivity contribution in [3.63, 3.8) is 0 Å². The molecule has 2 rings (SSSR count). The monoisotopic (exact) mass is 318 g/mol. The molecule has 1 aromatic carbocycles. The first-order valence-electron chi connectivity index (χ1n) is 6.43. The third-order valence-corrected chi connectivity index (χ3v) is 5.18. The summed E-state index contributed by atoms with van der Waals surface area (Å²) in [6.45, 7) is 0. The molecule has 2 nitrogen and oxygen atoms in total. The van der Waals surface area contributed by atoms with Gasteiger partial charge in [-0.3, -0.25) is 9.00 Å². The molecular weight excluding hydrogens is 303 g/mol. The molecule has 0 N–H and O–H groups in total. The Balaban J connectivity index is 2.01. The van der Waals surface area contributed by atoms with E-state index in [0.29, 0.717) is 14.9 Å². The van der Waals surface area contributed by atoms with E-state index in [1.54, 1.807) is 18.2 Å². The summed E-state index contributed by atoms with van der Waals surface area (Å²) in [6, 6.07) is 4.81. The second kappa shape index (κ2) is 6.87. The molecule has 1 unspecified atom stereocenters. The van der Waals surface area contributed by atoms with Crippen LogP contribution in [0.2, 0.25) is 10.0 Å². The third kappa shape index (κ3) is 4.30. The van der Waals surface area contributed by atoms with Crippen LogP contribution in [0.4, 0.5) is 0 Å². The standard InChI is InChI=1S/C14H16Cl2O2S/c15-11-6-12(16)8-13(7-11)19(18)9-14(17)10-4-2-1-3-5-10/h6-8,10H,1-5,9H2. The number of Topliss-reactive ketones (excluding diaryl/α,β-unsaturated/α-hetero) is 1. The molecule has 0 saturated heterocycles. The third-order valence-electron chi connectivity index (χ3n) is 3.43. The van der Waals surface area contributed by atoms with E-state index in [1.807, 2.05) is 0 Å². The Morgan fingerprint density at radius 3 is 2.26 bits per heavy atom. The molecular formula is C14H16Cl2O2S. The fourth-order valence-electron chi connectivity index (χ4n) is 2.41. The Bertz CT molecular complexity index is 476. The van der Waals surface area contributed by atoms with Gasteiger partial charge in [-0.1, -0.05) is 42.5 Å². The molecule has 5 heteroatoms. The zero-order valence-electron chi connectivity index (χ0n) is 10.5. The Morgan fingerprint density at radius 1 is 1.11 bits per heavy atom. The van der Waals surface area contributed by atoms with Crippen molar-refractivity contribution < 1.29 is 9.00 Å². The van der Waals surface area contributed by atoms with Gasteiger partial charge in [-0.15, -0.1) is 0 Å². The number of rotatable bonds is 4. The van der Waals surface area contributed by atoms with Crippen LogP contribution in [-0.2, 0) is 15.6 Å². The summed E-state index contributed by atoms with van der Waals surface area (Å²) in [7, 11) is -1.35. The Labute approximate surface area is 125 Å². The lowest BCUT2D eigenvalue weighted by atomic mass is 9.87. The first-order valence-corrected chi connectivity index (χ1v) is 8.51. The van der Waals surface area contributed by atoms with E-state index in [-0.39, 0.29) is 17.5 Å². The fourth-order valence-corrected chi connectivity index (χ4v) is 4.25. The number of halogens is 2. The van der Waals surface area contributed by atoms with Crippen LogP contribution in [0.25, 0.3) is 0 Å². The van der Waals surface area contributed by atoms with Crippen molar-refractivity contribution in [1.82, 2.24) is 0 Å². The van der Waals surface area contributed by atoms with Gasteiger partial charge in [0.15, 0.2) is 0 Å². The number of carbonyl (C=O) groups is 1. The Hall–Kier alpha value is -0.380. The smallest absolute Gasteiger partial charge is 0.148 e. The van der Waals surface area contributed by atoms with Crippen LogP contribution in [0.1, 0.15) is 32.1 Å². The number of ketones is 1. The summed E-state index contributed by atoms with van der Waals surface area (Å²) in [6.07, 6.45) is 5.29. The molecule has 0 aliphatic heterocycles. The van der Waals surface area contributed by atoms with Gasteiger partial charge in [-0.25, -0.2) is 0 Å². The average molecular weight is 319 g/mol. The molecule has 1 aliphatic rings. The topological polar surface area (TPSA) is 34.1 Å². The van der Waals surface area contributed by atoms with Crippen molar-refractivity contribution >= 4 is 39.8 Å². The van der Waals surface area contributed by atoms with Crippen LogP contribution >= 0.6 is 23.2 Å². The largest absolute Gasteiger partial charge is 0.298 e. The summed E-state index contributed by atoms with van der Waals surface area (Å²) in [5, 5.41) is 0.891. The number of carbonyl (C=O) groups excluding carboxylic acids is 1. The average Bonchev–Trinajstić information content (AvgIpc) is 2.38. The van der Waals surface area contributed by atoms with Crippen LogP contribution in [0, 0.1) is 5.92 Å². The van der Waals surface area contributed by atoms with Gasteiger partial charge in [0, 0.05) is 20.9 Å². The van der Waals surface area contributed by atoms with Crippen LogP contribution in [0.5, 0.6) is 0 Å². The van der Waals surface area contributed by atoms with Crippen LogP contribution in [0.3, 0.4) is 0 Å². The van der Waals surface area contributed by atoms with E-state index in [9.17, 15) is 9.00 Å². The lowest BCUT2D eigenvalue weighted by molar-refractivity contribution is -0.121. The summed E-state index contributed by atoms with van der Waals surface area (Å²) in [4.78, 5) is 12.6. The first kappa shape index (κ1) is 15.0. The molecule has 1 aromatic rings. The van der Waals surface area contributed by atoms with Crippen LogP contribution in [-0.4, -0.2) is 15.7 Å². The minimum absolute atomic E-state index is 0.0708. The second-order valence-corrected chi connectivity index (χ2v) is 7.22. The summed E-state index contributed by atoms with van der Waals surface area (Å²) in [5.74, 6) is 0.267. The maximum absolute atomic E-state index is 12.2. The predicted octanol–water partition coefficient (Wildman–Crippen LogP) is 4.25. The van der Waals surface area contributed by atoms with Crippen molar-refractivity contribution in [2.75, 3.05) is 5.75 Å². The minimum Gasteiger partial charge on any atom is -0.298 e. The maximum Gasteiger partial charge on any atom is 0.148 e. The van der Waals surface area contributed by atoms with Crippen LogP contribution < -0.4 is 0 Å². The van der Waals surface area contributed by atoms with Gasteiger partial charge in [0.2, 0.25) is 0 Å². The highest BCUT2D eigenvalue weighted by Crippen LogP contribution is 2.26. The van der Waals surface area contributed by atoms with Gasteiger partial charge in [0.25, 0.3) is 0 Å². The predicted molar refractivity (Wildman–Crippen MR) is 79.3 cm³/mol. The highest BCUT2D eigenvalue weighted by molar-refractivity contribution is 7.85. The summed E-state index contributed by atoms with van der Waals surface area (Å²) >= 11 is 11.8. The van der Waals surface area contributed by atoms with E-state index < -0.39 is 10.8 Å². The Kier molecular flexibility index (Phi) is 5.43. The van der Waals surface area contributed by atoms with E-state index in [2.05, 4.69) is 0 Å². The number of hydrogen-bond acceptors (Lipinski definition) is 2. The molecule has 1 saturated carbocycles. The van der Waals surface area contributed by atoms with Crippen molar-refractivity contribution in [1.29, 1.82) is 0 Å². The first-order chi connectivity index (χ1) is 9.06. The SMILES string of the molecule is O=C(CS(=O)c1cc(Cl)cc(Cl)c1)C1CCCCC1. The van der Waals surface area contributed by atoms with Gasteiger partial charge in [-0.05, 0) is 31.0 Å². The lowest BCUT2D eigenvalue weighted by Gasteiger charge is -2.19. The summed E-state index contributed by atoms with van der Waals surface area (Å²) < 4.78 is 12.2. The van der Waals surface area contributed by atoms with E-state index in [0.717, 1.165) is 25.7 Å². The molecule has 1 aliphatic carbocycles. The Morgan fingerprint density at radius 2 is 1.68 bits per heavy atom. The van der Waals surface area contributed by atoms with Gasteiger partial charge >= 0.3 is 0 Å². The molecule has 0 radical (unpaired) electrons. The molecule has 104 valence electrons. The van der Waals surface area contributed by atoms with Gasteiger partial charge < -0.3 is 0 Å². The van der Waals surface area contributed by atoms with Gasteiger partial charge in [0.05, 0.1) is 16.6 Å².